The summed E-state index contributed by atoms with van der Waals surface area (Å²) in [7, 11) is 0. The molecule has 0 radical (unpaired) electrons. The first kappa shape index (κ1) is 21.4. The van der Waals surface area contributed by atoms with E-state index in [1.807, 2.05) is 31.2 Å². The number of aromatic nitrogens is 2. The summed E-state index contributed by atoms with van der Waals surface area (Å²) < 4.78 is 16.6. The van der Waals surface area contributed by atoms with Gasteiger partial charge in [-0.25, -0.2) is 0 Å². The molecule has 162 valence electrons. The van der Waals surface area contributed by atoms with E-state index in [0.717, 1.165) is 5.75 Å². The Kier molecular flexibility index (Phi) is 6.67. The van der Waals surface area contributed by atoms with E-state index < -0.39 is 0 Å². The van der Waals surface area contributed by atoms with Crippen molar-refractivity contribution in [2.24, 2.45) is 0 Å². The van der Waals surface area contributed by atoms with Crippen molar-refractivity contribution in [2.45, 2.75) is 6.92 Å². The summed E-state index contributed by atoms with van der Waals surface area (Å²) in [4.78, 5) is 16.8. The number of carbonyl (C=O) groups excluding carboxylic acids is 1. The van der Waals surface area contributed by atoms with E-state index in [9.17, 15) is 4.79 Å². The number of carbonyl (C=O) groups is 1. The number of anilines is 1. The molecule has 0 saturated heterocycles. The normalized spacial score (nSPS) is 10.6. The highest BCUT2D eigenvalue weighted by molar-refractivity contribution is 6.33. The number of ether oxygens (including phenoxy) is 2. The van der Waals surface area contributed by atoms with Crippen molar-refractivity contribution in [3.8, 4) is 34.3 Å². The molecule has 0 fully saturated rings. The Hall–Kier alpha value is -3.84. The van der Waals surface area contributed by atoms with Crippen LogP contribution in [0.15, 0.2) is 77.3 Å². The van der Waals surface area contributed by atoms with Gasteiger partial charge in [0.2, 0.25) is 5.82 Å². The van der Waals surface area contributed by atoms with Crippen LogP contribution in [-0.2, 0) is 4.79 Å². The van der Waals surface area contributed by atoms with E-state index in [1.165, 1.54) is 0 Å². The van der Waals surface area contributed by atoms with Crippen LogP contribution in [0.25, 0.3) is 22.8 Å². The van der Waals surface area contributed by atoms with Crippen molar-refractivity contribution in [3.63, 3.8) is 0 Å². The largest absolute Gasteiger partial charge is 0.494 e. The average molecular weight is 450 g/mol. The van der Waals surface area contributed by atoms with E-state index in [-0.39, 0.29) is 18.4 Å². The van der Waals surface area contributed by atoms with E-state index in [2.05, 4.69) is 15.5 Å². The van der Waals surface area contributed by atoms with Gasteiger partial charge in [-0.15, -0.1) is 0 Å². The molecule has 32 heavy (non-hydrogen) atoms. The van der Waals surface area contributed by atoms with Crippen molar-refractivity contribution in [1.82, 2.24) is 10.1 Å². The SMILES string of the molecule is CCOc1ccc(NC(=O)COc2ccccc2-c2nc(-c3ccccc3Cl)no2)cc1. The van der Waals surface area contributed by atoms with Gasteiger partial charge in [-0.3, -0.25) is 4.79 Å². The van der Waals surface area contributed by atoms with Crippen LogP contribution < -0.4 is 14.8 Å². The van der Waals surface area contributed by atoms with Crippen LogP contribution >= 0.6 is 11.6 Å². The topological polar surface area (TPSA) is 86.5 Å². The maximum Gasteiger partial charge on any atom is 0.262 e. The number of benzene rings is 3. The van der Waals surface area contributed by atoms with Crippen molar-refractivity contribution in [1.29, 1.82) is 0 Å². The first-order chi connectivity index (χ1) is 15.6. The van der Waals surface area contributed by atoms with Gasteiger partial charge in [0.25, 0.3) is 11.8 Å². The lowest BCUT2D eigenvalue weighted by Crippen LogP contribution is -2.20. The second-order valence-corrected chi connectivity index (χ2v) is 7.10. The molecule has 0 unspecified atom stereocenters. The van der Waals surface area contributed by atoms with Crippen molar-refractivity contribution < 1.29 is 18.8 Å². The summed E-state index contributed by atoms with van der Waals surface area (Å²) in [5.41, 5.74) is 1.89. The third kappa shape index (κ3) is 5.07. The molecule has 7 nitrogen and oxygen atoms in total. The lowest BCUT2D eigenvalue weighted by Gasteiger charge is -2.10. The van der Waals surface area contributed by atoms with Crippen LogP contribution in [0.2, 0.25) is 5.02 Å². The molecule has 4 aromatic rings. The standard InChI is InChI=1S/C24H20ClN3O4/c1-2-30-17-13-11-16(12-14-17)26-22(29)15-31-21-10-6-4-8-19(21)24-27-23(28-32-24)18-7-3-5-9-20(18)25/h3-14H,2,15H2,1H3,(H,26,29). The fourth-order valence-electron chi connectivity index (χ4n) is 3.00. The Morgan fingerprint density at radius 2 is 1.69 bits per heavy atom. The number of hydrogen-bond donors (Lipinski definition) is 1. The molecule has 0 bridgehead atoms. The maximum absolute atomic E-state index is 12.3. The predicted octanol–water partition coefficient (Wildman–Crippen LogP) is 5.47. The summed E-state index contributed by atoms with van der Waals surface area (Å²) in [5.74, 6) is 1.53. The van der Waals surface area contributed by atoms with E-state index in [4.69, 9.17) is 25.6 Å². The van der Waals surface area contributed by atoms with E-state index in [1.54, 1.807) is 48.5 Å². The number of para-hydroxylation sites is 1. The van der Waals surface area contributed by atoms with Crippen LogP contribution in [-0.4, -0.2) is 29.3 Å². The number of rotatable bonds is 8. The molecule has 0 spiro atoms. The number of halogens is 1. The van der Waals surface area contributed by atoms with Gasteiger partial charge in [-0.2, -0.15) is 4.98 Å². The van der Waals surface area contributed by atoms with Crippen molar-refractivity contribution in [2.75, 3.05) is 18.5 Å². The van der Waals surface area contributed by atoms with Gasteiger partial charge in [-0.1, -0.05) is 41.0 Å². The molecule has 0 aliphatic carbocycles. The minimum Gasteiger partial charge on any atom is -0.494 e. The molecule has 8 heteroatoms. The van der Waals surface area contributed by atoms with Crippen LogP contribution in [0.5, 0.6) is 11.5 Å². The number of hydrogen-bond acceptors (Lipinski definition) is 6. The van der Waals surface area contributed by atoms with Crippen molar-refractivity contribution in [3.05, 3.63) is 77.8 Å². The summed E-state index contributed by atoms with van der Waals surface area (Å²) in [6, 6.07) is 21.5. The molecule has 0 atom stereocenters. The zero-order valence-electron chi connectivity index (χ0n) is 17.2. The van der Waals surface area contributed by atoms with E-state index >= 15 is 0 Å². The van der Waals surface area contributed by atoms with Crippen LogP contribution in [0.4, 0.5) is 5.69 Å². The monoisotopic (exact) mass is 449 g/mol. The number of amides is 1. The molecule has 1 N–H and O–H groups in total. The van der Waals surface area contributed by atoms with Gasteiger partial charge in [0, 0.05) is 11.3 Å². The summed E-state index contributed by atoms with van der Waals surface area (Å²) in [5, 5.41) is 7.33. The van der Waals surface area contributed by atoms with Gasteiger partial charge >= 0.3 is 0 Å². The van der Waals surface area contributed by atoms with E-state index in [0.29, 0.717) is 40.0 Å². The molecule has 0 aliphatic heterocycles. The fraction of sp³-hybridized carbons (Fsp3) is 0.125. The maximum atomic E-state index is 12.3. The number of nitrogens with one attached hydrogen (secondary N) is 1. The Morgan fingerprint density at radius 1 is 0.969 bits per heavy atom. The van der Waals surface area contributed by atoms with Crippen LogP contribution in [0, 0.1) is 0 Å². The molecule has 1 aromatic heterocycles. The smallest absolute Gasteiger partial charge is 0.262 e. The van der Waals surface area contributed by atoms with Gasteiger partial charge in [0.1, 0.15) is 11.5 Å². The molecule has 0 saturated carbocycles. The zero-order valence-corrected chi connectivity index (χ0v) is 18.0. The Bertz CT molecular complexity index is 1210. The first-order valence-corrected chi connectivity index (χ1v) is 10.4. The Labute approximate surface area is 189 Å². The third-order valence-electron chi connectivity index (χ3n) is 4.47. The third-order valence-corrected chi connectivity index (χ3v) is 4.80. The van der Waals surface area contributed by atoms with Gasteiger partial charge in [0.15, 0.2) is 6.61 Å². The fourth-order valence-corrected chi connectivity index (χ4v) is 3.22. The van der Waals surface area contributed by atoms with Crippen LogP contribution in [0.1, 0.15) is 6.92 Å². The van der Waals surface area contributed by atoms with Gasteiger partial charge in [0.05, 0.1) is 17.2 Å². The molecule has 1 heterocycles. The molecule has 0 aliphatic rings. The van der Waals surface area contributed by atoms with Gasteiger partial charge < -0.3 is 19.3 Å². The molecule has 4 rings (SSSR count). The number of nitrogens with zero attached hydrogens (tertiary/aromatic N) is 2. The summed E-state index contributed by atoms with van der Waals surface area (Å²) >= 11 is 6.22. The Balaban J connectivity index is 1.44. The van der Waals surface area contributed by atoms with Crippen LogP contribution in [0.3, 0.4) is 0 Å². The van der Waals surface area contributed by atoms with Crippen molar-refractivity contribution >= 4 is 23.2 Å². The second kappa shape index (κ2) is 9.98. The van der Waals surface area contributed by atoms with Gasteiger partial charge in [-0.05, 0) is 55.5 Å². The molecular formula is C24H20ClN3O4. The highest BCUT2D eigenvalue weighted by Crippen LogP contribution is 2.32. The summed E-state index contributed by atoms with van der Waals surface area (Å²) in [6.07, 6.45) is 0. The minimum atomic E-state index is -0.300. The lowest BCUT2D eigenvalue weighted by atomic mass is 10.2. The lowest BCUT2D eigenvalue weighted by molar-refractivity contribution is -0.118. The second-order valence-electron chi connectivity index (χ2n) is 6.69. The Morgan fingerprint density at radius 3 is 2.44 bits per heavy atom. The quantitative estimate of drug-likeness (QED) is 0.383. The molecule has 1 amide bonds. The first-order valence-electron chi connectivity index (χ1n) is 9.97. The highest BCUT2D eigenvalue weighted by Gasteiger charge is 2.17. The highest BCUT2D eigenvalue weighted by atomic mass is 35.5. The summed E-state index contributed by atoms with van der Waals surface area (Å²) in [6.45, 7) is 2.31. The average Bonchev–Trinajstić information content (AvgIpc) is 3.29. The predicted molar refractivity (Wildman–Crippen MR) is 122 cm³/mol. The molecule has 3 aromatic carbocycles. The molecular weight excluding hydrogens is 430 g/mol. The zero-order chi connectivity index (χ0) is 22.3. The minimum absolute atomic E-state index is 0.185.